The van der Waals surface area contributed by atoms with Gasteiger partial charge in [-0.15, -0.1) is 12.4 Å². The molecule has 1 N–H and O–H groups in total. The Morgan fingerprint density at radius 1 is 1.56 bits per heavy atom. The fourth-order valence-corrected chi connectivity index (χ4v) is 0.593. The zero-order valence-corrected chi connectivity index (χ0v) is 6.40. The smallest absolute Gasteiger partial charge is 0.108 e. The van der Waals surface area contributed by atoms with Crippen molar-refractivity contribution in [2.75, 3.05) is 0 Å². The minimum Gasteiger partial charge on any atom is -0.348 e. The van der Waals surface area contributed by atoms with Gasteiger partial charge in [0.1, 0.15) is 5.82 Å². The Bertz CT molecular complexity index is 146. The molecule has 1 aromatic heterocycles. The predicted molar refractivity (Wildman–Crippen MR) is 39.9 cm³/mol. The molecule has 0 aliphatic carbocycles. The Balaban J connectivity index is 0.000000640. The van der Waals surface area contributed by atoms with E-state index in [1.54, 1.807) is 6.20 Å². The van der Waals surface area contributed by atoms with Crippen LogP contribution in [0.3, 0.4) is 0 Å². The number of hydrogen-bond acceptors (Lipinski definition) is 1. The Hall–Kier alpha value is -0.500. The van der Waals surface area contributed by atoms with Gasteiger partial charge in [-0.3, -0.25) is 0 Å². The lowest BCUT2D eigenvalue weighted by Gasteiger charge is -1.95. The van der Waals surface area contributed by atoms with E-state index in [-0.39, 0.29) is 12.4 Å². The first-order valence-corrected chi connectivity index (χ1v) is 2.80. The first-order chi connectivity index (χ1) is 3.80. The maximum Gasteiger partial charge on any atom is 0.108 e. The summed E-state index contributed by atoms with van der Waals surface area (Å²) in [6.07, 6.45) is 3.62. The van der Waals surface area contributed by atoms with Gasteiger partial charge in [0.15, 0.2) is 0 Å². The second kappa shape index (κ2) is 3.51. The number of nitrogens with zero attached hydrogens (tertiary/aromatic N) is 1. The van der Waals surface area contributed by atoms with Crippen LogP contribution in [0.4, 0.5) is 0 Å². The number of nitrogens with one attached hydrogen (secondary N) is 1. The molecule has 0 aliphatic rings. The number of rotatable bonds is 1. The van der Waals surface area contributed by atoms with E-state index in [1.807, 2.05) is 6.20 Å². The summed E-state index contributed by atoms with van der Waals surface area (Å²) < 4.78 is 0. The van der Waals surface area contributed by atoms with Crippen molar-refractivity contribution >= 4 is 12.4 Å². The molecule has 1 aromatic rings. The van der Waals surface area contributed by atoms with E-state index < -0.39 is 0 Å². The molecule has 1 rings (SSSR count). The molecule has 0 unspecified atom stereocenters. The largest absolute Gasteiger partial charge is 0.348 e. The SMILES string of the molecule is CC(C)c1ncc[nH]1.Cl. The maximum atomic E-state index is 4.06. The van der Waals surface area contributed by atoms with E-state index in [2.05, 4.69) is 23.8 Å². The molecule has 0 saturated carbocycles. The van der Waals surface area contributed by atoms with Crippen molar-refractivity contribution in [1.29, 1.82) is 0 Å². The number of hydrogen-bond donors (Lipinski definition) is 1. The summed E-state index contributed by atoms with van der Waals surface area (Å²) >= 11 is 0. The topological polar surface area (TPSA) is 28.7 Å². The molecule has 3 heteroatoms. The van der Waals surface area contributed by atoms with Gasteiger partial charge in [-0.1, -0.05) is 13.8 Å². The van der Waals surface area contributed by atoms with Gasteiger partial charge in [-0.25, -0.2) is 4.98 Å². The third kappa shape index (κ3) is 2.06. The molecule has 2 nitrogen and oxygen atoms in total. The van der Waals surface area contributed by atoms with Crippen LogP contribution in [0.2, 0.25) is 0 Å². The second-order valence-corrected chi connectivity index (χ2v) is 2.13. The summed E-state index contributed by atoms with van der Waals surface area (Å²) in [5.41, 5.74) is 0. The van der Waals surface area contributed by atoms with Gasteiger partial charge in [0.2, 0.25) is 0 Å². The van der Waals surface area contributed by atoms with Crippen molar-refractivity contribution in [2.24, 2.45) is 0 Å². The highest BCUT2D eigenvalue weighted by Crippen LogP contribution is 2.05. The molecule has 0 aromatic carbocycles. The van der Waals surface area contributed by atoms with Gasteiger partial charge in [0.05, 0.1) is 0 Å². The third-order valence-electron chi connectivity index (χ3n) is 1.07. The van der Waals surface area contributed by atoms with Gasteiger partial charge in [0, 0.05) is 18.3 Å². The molecule has 9 heavy (non-hydrogen) atoms. The monoisotopic (exact) mass is 146 g/mol. The van der Waals surface area contributed by atoms with Crippen molar-refractivity contribution in [2.45, 2.75) is 19.8 Å². The van der Waals surface area contributed by atoms with Gasteiger partial charge >= 0.3 is 0 Å². The van der Waals surface area contributed by atoms with E-state index in [9.17, 15) is 0 Å². The number of H-pyrrole nitrogens is 1. The number of halogens is 1. The van der Waals surface area contributed by atoms with Gasteiger partial charge in [-0.05, 0) is 0 Å². The minimum absolute atomic E-state index is 0. The second-order valence-electron chi connectivity index (χ2n) is 2.13. The molecular weight excluding hydrogens is 136 g/mol. The van der Waals surface area contributed by atoms with E-state index in [1.165, 1.54) is 0 Å². The lowest BCUT2D eigenvalue weighted by atomic mass is 10.2. The molecule has 1 heterocycles. The molecular formula is C6H11ClN2. The van der Waals surface area contributed by atoms with Crippen LogP contribution in [0.15, 0.2) is 12.4 Å². The van der Waals surface area contributed by atoms with Crippen molar-refractivity contribution in [3.8, 4) is 0 Å². The average molecular weight is 147 g/mol. The molecule has 0 saturated heterocycles. The van der Waals surface area contributed by atoms with E-state index in [0.29, 0.717) is 5.92 Å². The Morgan fingerprint density at radius 2 is 2.22 bits per heavy atom. The lowest BCUT2D eigenvalue weighted by molar-refractivity contribution is 0.794. The number of imidazole rings is 1. The summed E-state index contributed by atoms with van der Waals surface area (Å²) in [4.78, 5) is 7.09. The van der Waals surface area contributed by atoms with Crippen LogP contribution < -0.4 is 0 Å². The van der Waals surface area contributed by atoms with E-state index in [0.717, 1.165) is 5.82 Å². The fourth-order valence-electron chi connectivity index (χ4n) is 0.593. The summed E-state index contributed by atoms with van der Waals surface area (Å²) in [6, 6.07) is 0. The van der Waals surface area contributed by atoms with Crippen LogP contribution in [-0.4, -0.2) is 9.97 Å². The number of aromatic nitrogens is 2. The molecule has 0 aliphatic heterocycles. The van der Waals surface area contributed by atoms with Crippen LogP contribution in [0.25, 0.3) is 0 Å². The molecule has 0 atom stereocenters. The minimum atomic E-state index is 0. The highest BCUT2D eigenvalue weighted by atomic mass is 35.5. The quantitative estimate of drug-likeness (QED) is 0.645. The van der Waals surface area contributed by atoms with E-state index >= 15 is 0 Å². The molecule has 0 radical (unpaired) electrons. The average Bonchev–Trinajstić information content (AvgIpc) is 2.12. The summed E-state index contributed by atoms with van der Waals surface area (Å²) in [6.45, 7) is 4.22. The molecule has 0 bridgehead atoms. The standard InChI is InChI=1S/C6H10N2.ClH/c1-5(2)6-7-3-4-8-6;/h3-5H,1-2H3,(H,7,8);1H. The summed E-state index contributed by atoms with van der Waals surface area (Å²) in [7, 11) is 0. The Morgan fingerprint density at radius 3 is 2.44 bits per heavy atom. The maximum absolute atomic E-state index is 4.06. The fraction of sp³-hybridized carbons (Fsp3) is 0.500. The normalized spacial score (nSPS) is 9.22. The summed E-state index contributed by atoms with van der Waals surface area (Å²) in [5.74, 6) is 1.58. The lowest BCUT2D eigenvalue weighted by Crippen LogP contribution is -1.87. The van der Waals surface area contributed by atoms with Gasteiger partial charge in [-0.2, -0.15) is 0 Å². The zero-order chi connectivity index (χ0) is 5.98. The van der Waals surface area contributed by atoms with Gasteiger partial charge < -0.3 is 4.98 Å². The third-order valence-corrected chi connectivity index (χ3v) is 1.07. The molecule has 52 valence electrons. The van der Waals surface area contributed by atoms with Gasteiger partial charge in [0.25, 0.3) is 0 Å². The highest BCUT2D eigenvalue weighted by molar-refractivity contribution is 5.85. The Kier molecular flexibility index (Phi) is 3.32. The van der Waals surface area contributed by atoms with E-state index in [4.69, 9.17) is 0 Å². The van der Waals surface area contributed by atoms with Crippen molar-refractivity contribution in [3.63, 3.8) is 0 Å². The molecule has 0 amide bonds. The van der Waals surface area contributed by atoms with Crippen LogP contribution in [0.5, 0.6) is 0 Å². The first-order valence-electron chi connectivity index (χ1n) is 2.80. The van der Waals surface area contributed by atoms with Crippen molar-refractivity contribution in [3.05, 3.63) is 18.2 Å². The zero-order valence-electron chi connectivity index (χ0n) is 5.59. The highest BCUT2D eigenvalue weighted by Gasteiger charge is 1.96. The number of aromatic amines is 1. The molecule has 0 spiro atoms. The van der Waals surface area contributed by atoms with Crippen LogP contribution in [0, 0.1) is 0 Å². The predicted octanol–water partition coefficient (Wildman–Crippen LogP) is 1.95. The van der Waals surface area contributed by atoms with Crippen molar-refractivity contribution < 1.29 is 0 Å². The van der Waals surface area contributed by atoms with Crippen LogP contribution in [0.1, 0.15) is 25.6 Å². The molecule has 0 fully saturated rings. The van der Waals surface area contributed by atoms with Crippen LogP contribution >= 0.6 is 12.4 Å². The Labute approximate surface area is 61.1 Å². The van der Waals surface area contributed by atoms with Crippen molar-refractivity contribution in [1.82, 2.24) is 9.97 Å². The summed E-state index contributed by atoms with van der Waals surface area (Å²) in [5, 5.41) is 0. The van der Waals surface area contributed by atoms with Crippen LogP contribution in [-0.2, 0) is 0 Å². The first kappa shape index (κ1) is 8.50.